The number of para-hydroxylation sites is 2. The molecule has 0 aliphatic carbocycles. The molecule has 1 saturated heterocycles. The van der Waals surface area contributed by atoms with Crippen LogP contribution in [0.3, 0.4) is 0 Å². The Balaban J connectivity index is 1.40. The third kappa shape index (κ3) is 3.36. The van der Waals surface area contributed by atoms with Gasteiger partial charge in [0.25, 0.3) is 5.56 Å². The summed E-state index contributed by atoms with van der Waals surface area (Å²) in [6.45, 7) is 5.19. The van der Waals surface area contributed by atoms with E-state index in [4.69, 9.17) is 0 Å². The SMILES string of the molecule is O=c1cnc2ccccc2n1CCN1CCN(c2ncccn2)CC1. The number of hydrogen-bond donors (Lipinski definition) is 0. The van der Waals surface area contributed by atoms with Crippen LogP contribution in [0.5, 0.6) is 0 Å². The van der Waals surface area contributed by atoms with Gasteiger partial charge in [0.05, 0.1) is 17.2 Å². The lowest BCUT2D eigenvalue weighted by Gasteiger charge is -2.34. The second-order valence-corrected chi connectivity index (χ2v) is 6.11. The number of rotatable bonds is 4. The number of hydrogen-bond acceptors (Lipinski definition) is 6. The van der Waals surface area contributed by atoms with Gasteiger partial charge in [-0.05, 0) is 18.2 Å². The van der Waals surface area contributed by atoms with Crippen LogP contribution < -0.4 is 10.5 Å². The van der Waals surface area contributed by atoms with Crippen LogP contribution in [0.1, 0.15) is 0 Å². The highest BCUT2D eigenvalue weighted by Gasteiger charge is 2.18. The highest BCUT2D eigenvalue weighted by molar-refractivity contribution is 5.74. The first kappa shape index (κ1) is 15.7. The molecule has 0 atom stereocenters. The van der Waals surface area contributed by atoms with E-state index in [1.807, 2.05) is 34.9 Å². The van der Waals surface area contributed by atoms with Gasteiger partial charge >= 0.3 is 0 Å². The van der Waals surface area contributed by atoms with E-state index in [-0.39, 0.29) is 5.56 Å². The van der Waals surface area contributed by atoms with E-state index in [0.29, 0.717) is 6.54 Å². The van der Waals surface area contributed by atoms with E-state index in [1.54, 1.807) is 12.4 Å². The summed E-state index contributed by atoms with van der Waals surface area (Å²) >= 11 is 0. The lowest BCUT2D eigenvalue weighted by Crippen LogP contribution is -2.48. The Labute approximate surface area is 145 Å². The smallest absolute Gasteiger partial charge is 0.269 e. The fourth-order valence-electron chi connectivity index (χ4n) is 3.21. The third-order valence-corrected chi connectivity index (χ3v) is 4.60. The summed E-state index contributed by atoms with van der Waals surface area (Å²) in [6.07, 6.45) is 4.96. The fraction of sp³-hybridized carbons (Fsp3) is 0.333. The molecule has 0 saturated carbocycles. The van der Waals surface area contributed by atoms with Crippen LogP contribution in [0.25, 0.3) is 11.0 Å². The zero-order valence-corrected chi connectivity index (χ0v) is 14.0. The minimum atomic E-state index is -0.0463. The molecule has 0 unspecified atom stereocenters. The molecule has 1 aliphatic rings. The Kier molecular flexibility index (Phi) is 4.39. The molecule has 3 aromatic rings. The first-order valence-corrected chi connectivity index (χ1v) is 8.50. The van der Waals surface area contributed by atoms with Gasteiger partial charge in [-0.15, -0.1) is 0 Å². The van der Waals surface area contributed by atoms with Crippen molar-refractivity contribution >= 4 is 17.0 Å². The molecular weight excluding hydrogens is 316 g/mol. The van der Waals surface area contributed by atoms with Crippen molar-refractivity contribution in [1.29, 1.82) is 0 Å². The normalized spacial score (nSPS) is 15.6. The first-order valence-electron chi connectivity index (χ1n) is 8.50. The molecule has 4 rings (SSSR count). The van der Waals surface area contributed by atoms with Crippen molar-refractivity contribution < 1.29 is 0 Å². The predicted octanol–water partition coefficient (Wildman–Crippen LogP) is 1.01. The van der Waals surface area contributed by atoms with E-state index in [0.717, 1.165) is 49.7 Å². The molecule has 0 radical (unpaired) electrons. The van der Waals surface area contributed by atoms with E-state index < -0.39 is 0 Å². The van der Waals surface area contributed by atoms with Crippen molar-refractivity contribution in [3.8, 4) is 0 Å². The Morgan fingerprint density at radius 2 is 1.64 bits per heavy atom. The molecule has 1 aromatic carbocycles. The molecule has 0 spiro atoms. The van der Waals surface area contributed by atoms with Crippen molar-refractivity contribution in [2.75, 3.05) is 37.6 Å². The number of aromatic nitrogens is 4. The lowest BCUT2D eigenvalue weighted by atomic mass is 10.3. The van der Waals surface area contributed by atoms with Gasteiger partial charge in [0.15, 0.2) is 0 Å². The molecule has 1 aliphatic heterocycles. The topological polar surface area (TPSA) is 67.2 Å². The number of piperazine rings is 1. The van der Waals surface area contributed by atoms with Gasteiger partial charge in [-0.2, -0.15) is 0 Å². The summed E-state index contributed by atoms with van der Waals surface area (Å²) in [4.78, 5) is 29.6. The van der Waals surface area contributed by atoms with Gasteiger partial charge in [0, 0.05) is 51.7 Å². The van der Waals surface area contributed by atoms with E-state index in [9.17, 15) is 4.79 Å². The van der Waals surface area contributed by atoms with Crippen molar-refractivity contribution in [3.05, 3.63) is 59.3 Å². The summed E-state index contributed by atoms with van der Waals surface area (Å²) in [5, 5.41) is 0. The molecular formula is C18H20N6O. The fourth-order valence-corrected chi connectivity index (χ4v) is 3.21. The predicted molar refractivity (Wildman–Crippen MR) is 96.7 cm³/mol. The molecule has 0 bridgehead atoms. The highest BCUT2D eigenvalue weighted by Crippen LogP contribution is 2.11. The van der Waals surface area contributed by atoms with Gasteiger partial charge in [-0.3, -0.25) is 9.69 Å². The zero-order chi connectivity index (χ0) is 17.1. The standard InChI is InChI=1S/C18H20N6O/c25-17-14-21-15-4-1-2-5-16(15)24(17)13-10-22-8-11-23(12-9-22)18-19-6-3-7-20-18/h1-7,14H,8-13H2. The molecule has 1 fully saturated rings. The summed E-state index contributed by atoms with van der Waals surface area (Å²) in [5.41, 5.74) is 1.70. The van der Waals surface area contributed by atoms with Gasteiger partial charge in [0.1, 0.15) is 0 Å². The van der Waals surface area contributed by atoms with Gasteiger partial charge in [-0.25, -0.2) is 15.0 Å². The van der Waals surface area contributed by atoms with Crippen LogP contribution in [0.2, 0.25) is 0 Å². The monoisotopic (exact) mass is 336 g/mol. The Morgan fingerprint density at radius 1 is 0.880 bits per heavy atom. The number of fused-ring (bicyclic) bond motifs is 1. The van der Waals surface area contributed by atoms with Crippen LogP contribution in [0.4, 0.5) is 5.95 Å². The van der Waals surface area contributed by atoms with E-state index in [1.165, 1.54) is 6.20 Å². The van der Waals surface area contributed by atoms with Crippen molar-refractivity contribution in [3.63, 3.8) is 0 Å². The number of anilines is 1. The molecule has 3 heterocycles. The summed E-state index contributed by atoms with van der Waals surface area (Å²) in [7, 11) is 0. The summed E-state index contributed by atoms with van der Waals surface area (Å²) in [5.74, 6) is 0.790. The summed E-state index contributed by atoms with van der Waals surface area (Å²) in [6, 6.07) is 9.60. The van der Waals surface area contributed by atoms with E-state index >= 15 is 0 Å². The Bertz CT molecular complexity index is 902. The van der Waals surface area contributed by atoms with Crippen LogP contribution >= 0.6 is 0 Å². The second-order valence-electron chi connectivity index (χ2n) is 6.11. The highest BCUT2D eigenvalue weighted by atomic mass is 16.1. The van der Waals surface area contributed by atoms with Gasteiger partial charge in [0.2, 0.25) is 5.95 Å². The quantitative estimate of drug-likeness (QED) is 0.708. The Morgan fingerprint density at radius 3 is 2.44 bits per heavy atom. The van der Waals surface area contributed by atoms with Crippen molar-refractivity contribution in [1.82, 2.24) is 24.4 Å². The van der Waals surface area contributed by atoms with E-state index in [2.05, 4.69) is 24.8 Å². The molecule has 7 nitrogen and oxygen atoms in total. The van der Waals surface area contributed by atoms with Crippen LogP contribution in [0.15, 0.2) is 53.7 Å². The number of benzene rings is 1. The maximum atomic E-state index is 12.2. The molecule has 25 heavy (non-hydrogen) atoms. The summed E-state index contributed by atoms with van der Waals surface area (Å²) < 4.78 is 1.81. The lowest BCUT2D eigenvalue weighted by molar-refractivity contribution is 0.247. The van der Waals surface area contributed by atoms with Crippen LogP contribution in [-0.4, -0.2) is 57.1 Å². The molecule has 0 N–H and O–H groups in total. The van der Waals surface area contributed by atoms with Crippen molar-refractivity contribution in [2.24, 2.45) is 0 Å². The van der Waals surface area contributed by atoms with Gasteiger partial charge in [-0.1, -0.05) is 12.1 Å². The van der Waals surface area contributed by atoms with Gasteiger partial charge < -0.3 is 9.47 Å². The second kappa shape index (κ2) is 6.98. The first-order chi connectivity index (χ1) is 12.3. The molecule has 2 aromatic heterocycles. The average molecular weight is 336 g/mol. The minimum absolute atomic E-state index is 0.0463. The average Bonchev–Trinajstić information content (AvgIpc) is 2.68. The molecule has 0 amide bonds. The molecule has 7 heteroatoms. The van der Waals surface area contributed by atoms with Crippen molar-refractivity contribution in [2.45, 2.75) is 6.54 Å². The minimum Gasteiger partial charge on any atom is -0.338 e. The maximum absolute atomic E-state index is 12.2. The van der Waals surface area contributed by atoms with Crippen LogP contribution in [-0.2, 0) is 6.54 Å². The zero-order valence-electron chi connectivity index (χ0n) is 14.0. The Hall–Kier alpha value is -2.80. The number of nitrogens with zero attached hydrogens (tertiary/aromatic N) is 6. The molecule has 128 valence electrons. The largest absolute Gasteiger partial charge is 0.338 e. The van der Waals surface area contributed by atoms with Crippen LogP contribution in [0, 0.1) is 0 Å². The third-order valence-electron chi connectivity index (χ3n) is 4.60. The maximum Gasteiger partial charge on any atom is 0.269 e.